The molecular formula is C23H25NO6. The SMILES string of the molecule is COC(=O)N1CC(=O)C=C(c2ccccc2OC)C1Cc1cc(OC)cc(OC)c1. The van der Waals surface area contributed by atoms with E-state index in [1.54, 1.807) is 33.5 Å². The van der Waals surface area contributed by atoms with Crippen LogP contribution < -0.4 is 14.2 Å². The smallest absolute Gasteiger partial charge is 0.410 e. The van der Waals surface area contributed by atoms with Crippen molar-refractivity contribution in [1.82, 2.24) is 4.90 Å². The zero-order valence-electron chi connectivity index (χ0n) is 17.5. The summed E-state index contributed by atoms with van der Waals surface area (Å²) in [5.74, 6) is 1.73. The van der Waals surface area contributed by atoms with Crippen molar-refractivity contribution in [1.29, 1.82) is 0 Å². The van der Waals surface area contributed by atoms with Gasteiger partial charge in [0.05, 0.1) is 41.0 Å². The van der Waals surface area contributed by atoms with Gasteiger partial charge in [0.25, 0.3) is 0 Å². The van der Waals surface area contributed by atoms with Gasteiger partial charge in [-0.15, -0.1) is 0 Å². The summed E-state index contributed by atoms with van der Waals surface area (Å²) >= 11 is 0. The molecule has 1 aliphatic heterocycles. The standard InChI is InChI=1S/C23H25NO6/c1-27-17-9-15(10-18(13-17)28-2)11-21-20(19-7-5-6-8-22(19)29-3)12-16(25)14-24(21)23(26)30-4/h5-10,12-13,21H,11,14H2,1-4H3. The highest BCUT2D eigenvalue weighted by Gasteiger charge is 2.35. The molecular weight excluding hydrogens is 386 g/mol. The highest BCUT2D eigenvalue weighted by molar-refractivity contribution is 6.03. The van der Waals surface area contributed by atoms with E-state index in [1.807, 2.05) is 36.4 Å². The maximum atomic E-state index is 12.5. The lowest BCUT2D eigenvalue weighted by atomic mass is 9.88. The molecule has 0 aliphatic carbocycles. The molecule has 0 radical (unpaired) electrons. The van der Waals surface area contributed by atoms with Gasteiger partial charge < -0.3 is 18.9 Å². The Bertz CT molecular complexity index is 946. The third-order valence-electron chi connectivity index (χ3n) is 5.05. The number of ketones is 1. The van der Waals surface area contributed by atoms with Crippen LogP contribution in [0.25, 0.3) is 5.57 Å². The minimum absolute atomic E-state index is 0.0584. The zero-order valence-corrected chi connectivity index (χ0v) is 17.5. The number of para-hydroxylation sites is 1. The summed E-state index contributed by atoms with van der Waals surface area (Å²) in [4.78, 5) is 26.4. The van der Waals surface area contributed by atoms with Crippen LogP contribution in [0.4, 0.5) is 4.79 Å². The van der Waals surface area contributed by atoms with E-state index in [0.29, 0.717) is 29.2 Å². The van der Waals surface area contributed by atoms with Gasteiger partial charge >= 0.3 is 6.09 Å². The molecule has 1 amide bonds. The minimum atomic E-state index is -0.566. The molecule has 1 heterocycles. The minimum Gasteiger partial charge on any atom is -0.497 e. The molecule has 0 N–H and O–H groups in total. The van der Waals surface area contributed by atoms with Crippen molar-refractivity contribution in [2.24, 2.45) is 0 Å². The monoisotopic (exact) mass is 411 g/mol. The fourth-order valence-electron chi connectivity index (χ4n) is 3.64. The third kappa shape index (κ3) is 4.40. The van der Waals surface area contributed by atoms with Gasteiger partial charge in [-0.05, 0) is 41.8 Å². The third-order valence-corrected chi connectivity index (χ3v) is 5.05. The summed E-state index contributed by atoms with van der Waals surface area (Å²) in [6, 6.07) is 12.5. The Balaban J connectivity index is 2.10. The first-order valence-corrected chi connectivity index (χ1v) is 9.45. The Morgan fingerprint density at radius 3 is 2.27 bits per heavy atom. The molecule has 0 fully saturated rings. The first kappa shape index (κ1) is 21.2. The molecule has 7 nitrogen and oxygen atoms in total. The molecule has 1 unspecified atom stereocenters. The van der Waals surface area contributed by atoms with Crippen LogP contribution in [0, 0.1) is 0 Å². The second-order valence-corrected chi connectivity index (χ2v) is 6.81. The van der Waals surface area contributed by atoms with Gasteiger partial charge in [-0.3, -0.25) is 9.69 Å². The van der Waals surface area contributed by atoms with Crippen LogP contribution >= 0.6 is 0 Å². The quantitative estimate of drug-likeness (QED) is 0.726. The van der Waals surface area contributed by atoms with Gasteiger partial charge in [0.2, 0.25) is 0 Å². The number of carbonyl (C=O) groups excluding carboxylic acids is 2. The highest BCUT2D eigenvalue weighted by Crippen LogP contribution is 2.35. The largest absolute Gasteiger partial charge is 0.497 e. The number of nitrogens with zero attached hydrogens (tertiary/aromatic N) is 1. The molecule has 2 aromatic carbocycles. The molecule has 3 rings (SSSR count). The van der Waals surface area contributed by atoms with Crippen molar-refractivity contribution in [3.05, 3.63) is 59.7 Å². The van der Waals surface area contributed by atoms with E-state index in [-0.39, 0.29) is 12.3 Å². The van der Waals surface area contributed by atoms with Gasteiger partial charge in [-0.2, -0.15) is 0 Å². The first-order chi connectivity index (χ1) is 14.5. The number of amides is 1. The number of hydrogen-bond donors (Lipinski definition) is 0. The summed E-state index contributed by atoms with van der Waals surface area (Å²) in [6.07, 6.45) is 1.45. The molecule has 30 heavy (non-hydrogen) atoms. The maximum absolute atomic E-state index is 12.5. The number of carbonyl (C=O) groups is 2. The lowest BCUT2D eigenvalue weighted by molar-refractivity contribution is -0.116. The molecule has 0 aromatic heterocycles. The van der Waals surface area contributed by atoms with Crippen molar-refractivity contribution < 1.29 is 28.5 Å². The normalized spacial score (nSPS) is 16.0. The van der Waals surface area contributed by atoms with E-state index in [2.05, 4.69) is 0 Å². The van der Waals surface area contributed by atoms with Crippen molar-refractivity contribution >= 4 is 17.4 Å². The molecule has 0 saturated heterocycles. The van der Waals surface area contributed by atoms with Crippen molar-refractivity contribution in [2.75, 3.05) is 35.0 Å². The Kier molecular flexibility index (Phi) is 6.61. The molecule has 1 atom stereocenters. The highest BCUT2D eigenvalue weighted by atomic mass is 16.5. The fraction of sp³-hybridized carbons (Fsp3) is 0.304. The molecule has 7 heteroatoms. The van der Waals surface area contributed by atoms with Gasteiger partial charge in [-0.25, -0.2) is 4.79 Å². The van der Waals surface area contributed by atoms with E-state index >= 15 is 0 Å². The molecule has 0 spiro atoms. The van der Waals surface area contributed by atoms with Gasteiger partial charge in [0.1, 0.15) is 17.2 Å². The summed E-state index contributed by atoms with van der Waals surface area (Å²) in [5, 5.41) is 0. The Morgan fingerprint density at radius 1 is 1.00 bits per heavy atom. The number of rotatable bonds is 6. The van der Waals surface area contributed by atoms with E-state index in [4.69, 9.17) is 18.9 Å². The number of hydrogen-bond acceptors (Lipinski definition) is 6. The van der Waals surface area contributed by atoms with Crippen LogP contribution in [-0.4, -0.2) is 57.8 Å². The second-order valence-electron chi connectivity index (χ2n) is 6.81. The number of benzene rings is 2. The van der Waals surface area contributed by atoms with E-state index in [9.17, 15) is 9.59 Å². The van der Waals surface area contributed by atoms with Crippen LogP contribution in [-0.2, 0) is 16.0 Å². The van der Waals surface area contributed by atoms with E-state index in [1.165, 1.54) is 12.0 Å². The van der Waals surface area contributed by atoms with Crippen molar-refractivity contribution in [3.8, 4) is 17.2 Å². The van der Waals surface area contributed by atoms with Crippen LogP contribution in [0.3, 0.4) is 0 Å². The lowest BCUT2D eigenvalue weighted by Crippen LogP contribution is -2.47. The summed E-state index contributed by atoms with van der Waals surface area (Å²) in [7, 11) is 6.04. The predicted octanol–water partition coefficient (Wildman–Crippen LogP) is 3.36. The van der Waals surface area contributed by atoms with Crippen LogP contribution in [0.15, 0.2) is 48.5 Å². The summed E-state index contributed by atoms with van der Waals surface area (Å²) < 4.78 is 21.2. The van der Waals surface area contributed by atoms with Gasteiger partial charge in [0.15, 0.2) is 5.78 Å². The Hall–Kier alpha value is -3.48. The van der Waals surface area contributed by atoms with Crippen LogP contribution in [0.1, 0.15) is 11.1 Å². The van der Waals surface area contributed by atoms with Crippen molar-refractivity contribution in [3.63, 3.8) is 0 Å². The zero-order chi connectivity index (χ0) is 21.7. The van der Waals surface area contributed by atoms with Crippen molar-refractivity contribution in [2.45, 2.75) is 12.5 Å². The molecule has 158 valence electrons. The molecule has 0 bridgehead atoms. The summed E-state index contributed by atoms with van der Waals surface area (Å²) in [6.45, 7) is -0.0584. The van der Waals surface area contributed by atoms with Gasteiger partial charge in [-0.1, -0.05) is 18.2 Å². The number of methoxy groups -OCH3 is 4. The topological polar surface area (TPSA) is 74.3 Å². The van der Waals surface area contributed by atoms with Crippen LogP contribution in [0.2, 0.25) is 0 Å². The summed E-state index contributed by atoms with van der Waals surface area (Å²) in [5.41, 5.74) is 2.33. The Labute approximate surface area is 175 Å². The predicted molar refractivity (Wildman–Crippen MR) is 112 cm³/mol. The average molecular weight is 411 g/mol. The van der Waals surface area contributed by atoms with Gasteiger partial charge in [0, 0.05) is 11.6 Å². The van der Waals surface area contributed by atoms with Crippen LogP contribution in [0.5, 0.6) is 17.2 Å². The molecule has 1 aliphatic rings. The number of ether oxygens (including phenoxy) is 4. The fourth-order valence-corrected chi connectivity index (χ4v) is 3.64. The average Bonchev–Trinajstić information content (AvgIpc) is 2.78. The second kappa shape index (κ2) is 9.35. The molecule has 2 aromatic rings. The first-order valence-electron chi connectivity index (χ1n) is 9.45. The molecule has 0 saturated carbocycles. The maximum Gasteiger partial charge on any atom is 0.410 e. The lowest BCUT2D eigenvalue weighted by Gasteiger charge is -2.35. The Morgan fingerprint density at radius 2 is 1.67 bits per heavy atom. The van der Waals surface area contributed by atoms with E-state index < -0.39 is 12.1 Å². The van der Waals surface area contributed by atoms with E-state index in [0.717, 1.165) is 11.1 Å².